The molecule has 1 aliphatic heterocycles. The quantitative estimate of drug-likeness (QED) is 0.939. The summed E-state index contributed by atoms with van der Waals surface area (Å²) < 4.78 is 0. The average molecular weight is 302 g/mol. The lowest BCUT2D eigenvalue weighted by Gasteiger charge is -2.33. The zero-order chi connectivity index (χ0) is 14.7. The smallest absolute Gasteiger partial charge is 0.222 e. The van der Waals surface area contributed by atoms with Gasteiger partial charge in [-0.2, -0.15) is 11.8 Å². The van der Waals surface area contributed by atoms with Crippen LogP contribution in [0.1, 0.15) is 25.3 Å². The predicted molar refractivity (Wildman–Crippen MR) is 89.7 cm³/mol. The number of carbonyl (C=O) groups is 1. The van der Waals surface area contributed by atoms with E-state index in [9.17, 15) is 4.79 Å². The van der Waals surface area contributed by atoms with Gasteiger partial charge in [-0.15, -0.1) is 0 Å². The molecule has 4 heteroatoms. The summed E-state index contributed by atoms with van der Waals surface area (Å²) in [4.78, 5) is 17.7. The number of hydrogen-bond acceptors (Lipinski definition) is 2. The van der Waals surface area contributed by atoms with Crippen LogP contribution < -0.4 is 0 Å². The number of aryl methyl sites for hydroxylation is 1. The van der Waals surface area contributed by atoms with E-state index in [2.05, 4.69) is 41.2 Å². The second kappa shape index (κ2) is 6.56. The Bertz CT molecular complexity index is 622. The molecule has 1 amide bonds. The molecule has 1 aromatic heterocycles. The van der Waals surface area contributed by atoms with Gasteiger partial charge >= 0.3 is 0 Å². The molecule has 3 rings (SSSR count). The van der Waals surface area contributed by atoms with E-state index in [0.717, 1.165) is 30.9 Å². The number of H-pyrrole nitrogens is 1. The number of nitrogens with one attached hydrogen (secondary N) is 1. The van der Waals surface area contributed by atoms with Crippen molar-refractivity contribution in [3.8, 4) is 0 Å². The molecule has 2 aromatic rings. The number of aromatic amines is 1. The first-order valence-electron chi connectivity index (χ1n) is 7.68. The van der Waals surface area contributed by atoms with Gasteiger partial charge < -0.3 is 9.88 Å². The van der Waals surface area contributed by atoms with E-state index in [1.165, 1.54) is 16.5 Å². The Morgan fingerprint density at radius 2 is 2.29 bits per heavy atom. The fourth-order valence-corrected chi connectivity index (χ4v) is 4.02. The molecule has 1 saturated heterocycles. The Morgan fingerprint density at radius 1 is 1.43 bits per heavy atom. The summed E-state index contributed by atoms with van der Waals surface area (Å²) in [6, 6.07) is 8.74. The van der Waals surface area contributed by atoms with E-state index in [1.807, 2.05) is 17.8 Å². The van der Waals surface area contributed by atoms with Crippen LogP contribution in [-0.4, -0.2) is 39.9 Å². The summed E-state index contributed by atoms with van der Waals surface area (Å²) in [5.41, 5.74) is 2.50. The first-order chi connectivity index (χ1) is 10.3. The van der Waals surface area contributed by atoms with Crippen LogP contribution in [0.25, 0.3) is 10.9 Å². The van der Waals surface area contributed by atoms with Crippen LogP contribution in [0.5, 0.6) is 0 Å². The highest BCUT2D eigenvalue weighted by Crippen LogP contribution is 2.21. The van der Waals surface area contributed by atoms with Crippen molar-refractivity contribution in [2.75, 3.05) is 18.1 Å². The van der Waals surface area contributed by atoms with Crippen molar-refractivity contribution < 1.29 is 4.79 Å². The molecule has 0 bridgehead atoms. The van der Waals surface area contributed by atoms with Gasteiger partial charge in [0.15, 0.2) is 0 Å². The SMILES string of the molecule is CC1CSCCN1C(=O)CCCc1c[nH]c2ccccc12. The standard InChI is InChI=1S/C17H22N2OS/c1-13-12-21-10-9-19(13)17(20)8-4-5-14-11-18-16-7-3-2-6-15(14)16/h2-3,6-7,11,13,18H,4-5,8-10,12H2,1H3. The van der Waals surface area contributed by atoms with Gasteiger partial charge in [0.2, 0.25) is 5.91 Å². The highest BCUT2D eigenvalue weighted by atomic mass is 32.2. The van der Waals surface area contributed by atoms with Crippen molar-refractivity contribution in [1.29, 1.82) is 0 Å². The van der Waals surface area contributed by atoms with Crippen molar-refractivity contribution in [1.82, 2.24) is 9.88 Å². The van der Waals surface area contributed by atoms with E-state index in [1.54, 1.807) is 0 Å². The molecule has 0 saturated carbocycles. The van der Waals surface area contributed by atoms with Gasteiger partial charge in [-0.3, -0.25) is 4.79 Å². The molecule has 1 N–H and O–H groups in total. The second-order valence-corrected chi connectivity index (χ2v) is 6.87. The number of fused-ring (bicyclic) bond motifs is 1. The van der Waals surface area contributed by atoms with Crippen LogP contribution in [0.15, 0.2) is 30.5 Å². The monoisotopic (exact) mass is 302 g/mol. The van der Waals surface area contributed by atoms with E-state index < -0.39 is 0 Å². The fraction of sp³-hybridized carbons (Fsp3) is 0.471. The average Bonchev–Trinajstić information content (AvgIpc) is 2.91. The summed E-state index contributed by atoms with van der Waals surface area (Å²) >= 11 is 1.95. The van der Waals surface area contributed by atoms with Crippen molar-refractivity contribution in [2.24, 2.45) is 0 Å². The van der Waals surface area contributed by atoms with Gasteiger partial charge in [0.25, 0.3) is 0 Å². The number of rotatable bonds is 4. The van der Waals surface area contributed by atoms with E-state index >= 15 is 0 Å². The first kappa shape index (κ1) is 14.5. The fourth-order valence-electron chi connectivity index (χ4n) is 3.01. The van der Waals surface area contributed by atoms with E-state index in [0.29, 0.717) is 18.4 Å². The topological polar surface area (TPSA) is 36.1 Å². The Hall–Kier alpha value is -1.42. The molecule has 3 nitrogen and oxygen atoms in total. The predicted octanol–water partition coefficient (Wildman–Crippen LogP) is 3.45. The number of nitrogens with zero attached hydrogens (tertiary/aromatic N) is 1. The zero-order valence-electron chi connectivity index (χ0n) is 12.5. The lowest BCUT2D eigenvalue weighted by atomic mass is 10.1. The molecule has 0 aliphatic carbocycles. The molecule has 1 fully saturated rings. The normalized spacial score (nSPS) is 19.1. The van der Waals surface area contributed by atoms with Gasteiger partial charge in [0.1, 0.15) is 0 Å². The van der Waals surface area contributed by atoms with Crippen LogP contribution in [0, 0.1) is 0 Å². The van der Waals surface area contributed by atoms with Gasteiger partial charge in [-0.25, -0.2) is 0 Å². The minimum atomic E-state index is 0.322. The summed E-state index contributed by atoms with van der Waals surface area (Å²) in [6.45, 7) is 3.07. The van der Waals surface area contributed by atoms with Crippen molar-refractivity contribution >= 4 is 28.6 Å². The van der Waals surface area contributed by atoms with Crippen LogP contribution in [0.4, 0.5) is 0 Å². The highest BCUT2D eigenvalue weighted by Gasteiger charge is 2.22. The molecule has 21 heavy (non-hydrogen) atoms. The summed E-state index contributed by atoms with van der Waals surface area (Å²) in [7, 11) is 0. The Morgan fingerprint density at radius 3 is 3.14 bits per heavy atom. The van der Waals surface area contributed by atoms with Gasteiger partial charge in [0.05, 0.1) is 0 Å². The third-order valence-electron chi connectivity index (χ3n) is 4.20. The van der Waals surface area contributed by atoms with E-state index in [4.69, 9.17) is 0 Å². The minimum absolute atomic E-state index is 0.322. The number of amides is 1. The molecule has 1 aliphatic rings. The summed E-state index contributed by atoms with van der Waals surface area (Å²) in [5.74, 6) is 2.48. The number of hydrogen-bond donors (Lipinski definition) is 1. The van der Waals surface area contributed by atoms with Crippen LogP contribution >= 0.6 is 11.8 Å². The minimum Gasteiger partial charge on any atom is -0.361 e. The second-order valence-electron chi connectivity index (χ2n) is 5.72. The number of para-hydroxylation sites is 1. The zero-order valence-corrected chi connectivity index (χ0v) is 13.3. The molecule has 1 aromatic carbocycles. The van der Waals surface area contributed by atoms with Crippen LogP contribution in [0.2, 0.25) is 0 Å². The number of benzene rings is 1. The highest BCUT2D eigenvalue weighted by molar-refractivity contribution is 7.99. The van der Waals surface area contributed by atoms with Gasteiger partial charge in [0, 0.05) is 47.6 Å². The molecule has 1 unspecified atom stereocenters. The summed E-state index contributed by atoms with van der Waals surface area (Å²) in [5, 5.41) is 1.28. The molecule has 112 valence electrons. The number of carbonyl (C=O) groups excluding carboxylic acids is 1. The molecule has 0 spiro atoms. The molecular weight excluding hydrogens is 280 g/mol. The van der Waals surface area contributed by atoms with Crippen LogP contribution in [-0.2, 0) is 11.2 Å². The van der Waals surface area contributed by atoms with Gasteiger partial charge in [-0.05, 0) is 31.4 Å². The Kier molecular flexibility index (Phi) is 4.54. The van der Waals surface area contributed by atoms with Crippen molar-refractivity contribution in [2.45, 2.75) is 32.2 Å². The Labute approximate surface area is 130 Å². The molecule has 2 heterocycles. The third kappa shape index (κ3) is 3.26. The molecular formula is C17H22N2OS. The maximum atomic E-state index is 12.3. The summed E-state index contributed by atoms with van der Waals surface area (Å²) in [6.07, 6.45) is 4.63. The third-order valence-corrected chi connectivity index (χ3v) is 5.39. The Balaban J connectivity index is 1.55. The first-order valence-corrected chi connectivity index (χ1v) is 8.83. The van der Waals surface area contributed by atoms with Crippen molar-refractivity contribution in [3.05, 3.63) is 36.0 Å². The van der Waals surface area contributed by atoms with Crippen LogP contribution in [0.3, 0.4) is 0 Å². The van der Waals surface area contributed by atoms with E-state index in [-0.39, 0.29) is 0 Å². The maximum Gasteiger partial charge on any atom is 0.222 e. The maximum absolute atomic E-state index is 12.3. The number of aromatic nitrogens is 1. The van der Waals surface area contributed by atoms with Gasteiger partial charge in [-0.1, -0.05) is 18.2 Å². The largest absolute Gasteiger partial charge is 0.361 e. The van der Waals surface area contributed by atoms with Crippen molar-refractivity contribution in [3.63, 3.8) is 0 Å². The molecule has 1 atom stereocenters. The molecule has 0 radical (unpaired) electrons. The lowest BCUT2D eigenvalue weighted by Crippen LogP contribution is -2.44. The lowest BCUT2D eigenvalue weighted by molar-refractivity contribution is -0.132. The number of thioether (sulfide) groups is 1.